The van der Waals surface area contributed by atoms with Crippen molar-refractivity contribution in [2.75, 3.05) is 13.1 Å². The number of carbonyl (C=O) groups is 2. The number of rotatable bonds is 6. The highest BCUT2D eigenvalue weighted by atomic mass is 16.1. The van der Waals surface area contributed by atoms with E-state index >= 15 is 0 Å². The zero-order valence-corrected chi connectivity index (χ0v) is 13.4. The van der Waals surface area contributed by atoms with E-state index in [2.05, 4.69) is 5.32 Å². The second-order valence-electron chi connectivity index (χ2n) is 6.91. The lowest BCUT2D eigenvalue weighted by Crippen LogP contribution is -2.34. The summed E-state index contributed by atoms with van der Waals surface area (Å²) in [7, 11) is 0. The molecule has 2 aliphatic carbocycles. The first kappa shape index (κ1) is 16.7. The summed E-state index contributed by atoms with van der Waals surface area (Å²) >= 11 is 0. The van der Waals surface area contributed by atoms with Gasteiger partial charge in [-0.2, -0.15) is 0 Å². The van der Waals surface area contributed by atoms with Crippen LogP contribution in [0.2, 0.25) is 0 Å². The van der Waals surface area contributed by atoms with E-state index in [1.54, 1.807) is 0 Å². The monoisotopic (exact) mass is 293 g/mol. The Morgan fingerprint density at radius 3 is 1.29 bits per heavy atom. The van der Waals surface area contributed by atoms with Gasteiger partial charge in [-0.05, 0) is 25.7 Å². The van der Waals surface area contributed by atoms with Gasteiger partial charge in [-0.3, -0.25) is 9.59 Å². The van der Waals surface area contributed by atoms with Gasteiger partial charge in [-0.25, -0.2) is 0 Å². The summed E-state index contributed by atoms with van der Waals surface area (Å²) in [6, 6.07) is 0. The number of hydrogen-bond acceptors (Lipinski definition) is 3. The van der Waals surface area contributed by atoms with Crippen molar-refractivity contribution in [2.45, 2.75) is 77.0 Å². The van der Waals surface area contributed by atoms with Gasteiger partial charge in [0.05, 0.1) is 13.1 Å². The van der Waals surface area contributed by atoms with Crippen molar-refractivity contribution < 1.29 is 9.59 Å². The first-order valence-corrected chi connectivity index (χ1v) is 9.03. The van der Waals surface area contributed by atoms with Crippen LogP contribution in [-0.2, 0) is 9.59 Å². The second kappa shape index (κ2) is 9.34. The Kier molecular flexibility index (Phi) is 7.42. The van der Waals surface area contributed by atoms with E-state index in [1.807, 2.05) is 0 Å². The van der Waals surface area contributed by atoms with Crippen molar-refractivity contribution in [3.05, 3.63) is 0 Å². The van der Waals surface area contributed by atoms with Crippen LogP contribution in [-0.4, -0.2) is 24.7 Å². The van der Waals surface area contributed by atoms with Gasteiger partial charge in [-0.15, -0.1) is 0 Å². The van der Waals surface area contributed by atoms with E-state index in [9.17, 15) is 9.59 Å². The smallest absolute Gasteiger partial charge is 0.149 e. The summed E-state index contributed by atoms with van der Waals surface area (Å²) < 4.78 is 0. The summed E-state index contributed by atoms with van der Waals surface area (Å²) in [6.45, 7) is 0.784. The molecule has 2 fully saturated rings. The maximum atomic E-state index is 12.2. The summed E-state index contributed by atoms with van der Waals surface area (Å²) in [5.41, 5.74) is 0. The number of carbonyl (C=O) groups excluding carboxylic acids is 2. The first-order valence-electron chi connectivity index (χ1n) is 9.03. The second-order valence-corrected chi connectivity index (χ2v) is 6.91. The quantitative estimate of drug-likeness (QED) is 0.760. The molecule has 0 aromatic rings. The minimum atomic E-state index is 0.244. The summed E-state index contributed by atoms with van der Waals surface area (Å²) in [4.78, 5) is 24.4. The molecule has 0 saturated heterocycles. The topological polar surface area (TPSA) is 46.2 Å². The molecule has 0 amide bonds. The van der Waals surface area contributed by atoms with Crippen LogP contribution in [0.25, 0.3) is 0 Å². The predicted molar refractivity (Wildman–Crippen MR) is 85.3 cm³/mol. The van der Waals surface area contributed by atoms with E-state index in [4.69, 9.17) is 0 Å². The maximum absolute atomic E-state index is 12.2. The number of ketones is 2. The standard InChI is InChI=1S/C18H31NO2/c20-17(15-9-5-1-2-6-10-15)13-19-14-18(21)16-11-7-3-4-8-12-16/h15-16,19H,1-14H2. The fourth-order valence-electron chi connectivity index (χ4n) is 3.80. The van der Waals surface area contributed by atoms with Gasteiger partial charge < -0.3 is 5.32 Å². The third-order valence-corrected chi connectivity index (χ3v) is 5.22. The van der Waals surface area contributed by atoms with E-state index in [1.165, 1.54) is 51.4 Å². The Morgan fingerprint density at radius 1 is 0.619 bits per heavy atom. The molecule has 0 unspecified atom stereocenters. The molecule has 0 heterocycles. The molecule has 0 atom stereocenters. The lowest BCUT2D eigenvalue weighted by Gasteiger charge is -2.15. The predicted octanol–water partition coefficient (Wildman–Crippen LogP) is 3.66. The van der Waals surface area contributed by atoms with Crippen molar-refractivity contribution in [3.63, 3.8) is 0 Å². The molecular formula is C18H31NO2. The molecule has 0 bridgehead atoms. The van der Waals surface area contributed by atoms with E-state index in [-0.39, 0.29) is 11.8 Å². The van der Waals surface area contributed by atoms with E-state index in [0.717, 1.165) is 25.7 Å². The van der Waals surface area contributed by atoms with Gasteiger partial charge in [0, 0.05) is 11.8 Å². The van der Waals surface area contributed by atoms with Crippen LogP contribution in [0.4, 0.5) is 0 Å². The third-order valence-electron chi connectivity index (χ3n) is 5.22. The Morgan fingerprint density at radius 2 is 0.952 bits per heavy atom. The van der Waals surface area contributed by atoms with Crippen LogP contribution in [0.3, 0.4) is 0 Å². The molecule has 3 heteroatoms. The fraction of sp³-hybridized carbons (Fsp3) is 0.889. The average Bonchev–Trinajstić information content (AvgIpc) is 2.92. The highest BCUT2D eigenvalue weighted by molar-refractivity contribution is 5.85. The zero-order valence-electron chi connectivity index (χ0n) is 13.4. The SMILES string of the molecule is O=C(CNCC(=O)C1CCCCCC1)C1CCCCCC1. The number of Topliss-reactive ketones (excluding diaryl/α,β-unsaturated/α-hetero) is 2. The lowest BCUT2D eigenvalue weighted by atomic mass is 9.94. The minimum Gasteiger partial charge on any atom is -0.303 e. The highest BCUT2D eigenvalue weighted by Crippen LogP contribution is 2.24. The van der Waals surface area contributed by atoms with Gasteiger partial charge >= 0.3 is 0 Å². The third kappa shape index (κ3) is 5.90. The van der Waals surface area contributed by atoms with Gasteiger partial charge in [-0.1, -0.05) is 51.4 Å². The van der Waals surface area contributed by atoms with E-state index < -0.39 is 0 Å². The summed E-state index contributed by atoms with van der Waals surface area (Å²) in [6.07, 6.45) is 14.1. The molecule has 2 rings (SSSR count). The molecular weight excluding hydrogens is 262 g/mol. The Balaban J connectivity index is 1.65. The molecule has 0 spiro atoms. The van der Waals surface area contributed by atoms with Crippen molar-refractivity contribution in [1.29, 1.82) is 0 Å². The molecule has 21 heavy (non-hydrogen) atoms. The van der Waals surface area contributed by atoms with Crippen molar-refractivity contribution in [3.8, 4) is 0 Å². The van der Waals surface area contributed by atoms with Crippen LogP contribution in [0, 0.1) is 11.8 Å². The van der Waals surface area contributed by atoms with Crippen LogP contribution in [0.5, 0.6) is 0 Å². The first-order chi connectivity index (χ1) is 10.3. The molecule has 0 aromatic heterocycles. The van der Waals surface area contributed by atoms with Gasteiger partial charge in [0.15, 0.2) is 0 Å². The molecule has 0 aromatic carbocycles. The Bertz CT molecular complexity index is 292. The van der Waals surface area contributed by atoms with Crippen LogP contribution in [0.15, 0.2) is 0 Å². The van der Waals surface area contributed by atoms with Crippen molar-refractivity contribution in [1.82, 2.24) is 5.32 Å². The minimum absolute atomic E-state index is 0.244. The molecule has 0 aliphatic heterocycles. The van der Waals surface area contributed by atoms with Crippen molar-refractivity contribution in [2.24, 2.45) is 11.8 Å². The molecule has 120 valence electrons. The molecule has 0 radical (unpaired) electrons. The molecule has 2 aliphatic rings. The van der Waals surface area contributed by atoms with Crippen molar-refractivity contribution >= 4 is 11.6 Å². The number of hydrogen-bond donors (Lipinski definition) is 1. The molecule has 3 nitrogen and oxygen atoms in total. The van der Waals surface area contributed by atoms with Crippen LogP contribution < -0.4 is 5.32 Å². The molecule has 2 saturated carbocycles. The van der Waals surface area contributed by atoms with Gasteiger partial charge in [0.2, 0.25) is 0 Å². The highest BCUT2D eigenvalue weighted by Gasteiger charge is 2.22. The van der Waals surface area contributed by atoms with Crippen LogP contribution in [0.1, 0.15) is 77.0 Å². The Hall–Kier alpha value is -0.700. The summed E-state index contributed by atoms with van der Waals surface area (Å²) in [5.74, 6) is 1.14. The molecule has 1 N–H and O–H groups in total. The normalized spacial score (nSPS) is 22.5. The summed E-state index contributed by atoms with van der Waals surface area (Å²) in [5, 5.41) is 3.12. The number of nitrogens with one attached hydrogen (secondary N) is 1. The van der Waals surface area contributed by atoms with Gasteiger partial charge in [0.25, 0.3) is 0 Å². The maximum Gasteiger partial charge on any atom is 0.149 e. The fourth-order valence-corrected chi connectivity index (χ4v) is 3.80. The van der Waals surface area contributed by atoms with E-state index in [0.29, 0.717) is 24.7 Å². The largest absolute Gasteiger partial charge is 0.303 e. The Labute approximate surface area is 129 Å². The average molecular weight is 293 g/mol. The lowest BCUT2D eigenvalue weighted by molar-refractivity contribution is -0.123. The van der Waals surface area contributed by atoms with Crippen LogP contribution >= 0.6 is 0 Å². The van der Waals surface area contributed by atoms with Gasteiger partial charge in [0.1, 0.15) is 11.6 Å². The zero-order chi connectivity index (χ0) is 14.9.